The zero-order valence-electron chi connectivity index (χ0n) is 19.6. The lowest BCUT2D eigenvalue weighted by molar-refractivity contribution is 0.295. The van der Waals surface area contributed by atoms with Crippen LogP contribution in [0.2, 0.25) is 5.28 Å². The third kappa shape index (κ3) is 5.64. The number of hydrogen-bond donors (Lipinski definition) is 0. The first-order valence-electron chi connectivity index (χ1n) is 11.5. The lowest BCUT2D eigenvalue weighted by Crippen LogP contribution is -2.15. The van der Waals surface area contributed by atoms with E-state index in [2.05, 4.69) is 24.9 Å². The lowest BCUT2D eigenvalue weighted by atomic mass is 10.1. The van der Waals surface area contributed by atoms with Crippen molar-refractivity contribution in [3.8, 4) is 17.4 Å². The molecule has 0 unspecified atom stereocenters. The molecule has 0 fully saturated rings. The maximum absolute atomic E-state index is 6.27. The molecule has 0 atom stereocenters. The van der Waals surface area contributed by atoms with Gasteiger partial charge >= 0.3 is 6.01 Å². The van der Waals surface area contributed by atoms with Crippen molar-refractivity contribution in [1.82, 2.24) is 24.9 Å². The summed E-state index contributed by atoms with van der Waals surface area (Å²) in [6.45, 7) is 2.37. The summed E-state index contributed by atoms with van der Waals surface area (Å²) >= 11 is 6.27. The van der Waals surface area contributed by atoms with E-state index in [1.54, 1.807) is 0 Å². The van der Waals surface area contributed by atoms with Crippen LogP contribution in [0.1, 0.15) is 11.1 Å². The first-order valence-corrected chi connectivity index (χ1v) is 11.9. The van der Waals surface area contributed by atoms with Crippen molar-refractivity contribution in [2.45, 2.75) is 13.3 Å². The van der Waals surface area contributed by atoms with Gasteiger partial charge in [0, 0.05) is 30.2 Å². The molecular formula is C28H23ClN6O. The van der Waals surface area contributed by atoms with E-state index in [-0.39, 0.29) is 11.3 Å². The molecule has 178 valence electrons. The Morgan fingerprint density at radius 2 is 1.36 bits per heavy atom. The highest BCUT2D eigenvalue weighted by Gasteiger charge is 2.17. The van der Waals surface area contributed by atoms with Crippen LogP contribution in [0.25, 0.3) is 11.4 Å². The second-order valence-corrected chi connectivity index (χ2v) is 8.40. The second kappa shape index (κ2) is 10.9. The highest BCUT2D eigenvalue weighted by molar-refractivity contribution is 6.28. The normalized spacial score (nSPS) is 10.7. The second-order valence-electron chi connectivity index (χ2n) is 8.06. The van der Waals surface area contributed by atoms with Gasteiger partial charge in [-0.1, -0.05) is 48.5 Å². The average molecular weight is 495 g/mol. The van der Waals surface area contributed by atoms with E-state index >= 15 is 0 Å². The molecule has 0 aliphatic carbocycles. The minimum absolute atomic E-state index is 0.0588. The van der Waals surface area contributed by atoms with E-state index in [9.17, 15) is 0 Å². The van der Waals surface area contributed by atoms with E-state index in [1.807, 2.05) is 109 Å². The Morgan fingerprint density at radius 1 is 0.722 bits per heavy atom. The molecule has 3 aromatic heterocycles. The number of pyridine rings is 2. The topological polar surface area (TPSA) is 76.9 Å². The predicted molar refractivity (Wildman–Crippen MR) is 141 cm³/mol. The number of nitrogens with zero attached hydrogens (tertiary/aromatic N) is 6. The summed E-state index contributed by atoms with van der Waals surface area (Å²) in [5, 5.41) is 0.0588. The average Bonchev–Trinajstić information content (AvgIpc) is 2.91. The van der Waals surface area contributed by atoms with Gasteiger partial charge in [-0.2, -0.15) is 15.0 Å². The lowest BCUT2D eigenvalue weighted by Gasteiger charge is -2.23. The van der Waals surface area contributed by atoms with E-state index in [1.165, 1.54) is 0 Å². The molecule has 0 amide bonds. The summed E-state index contributed by atoms with van der Waals surface area (Å²) in [6.07, 6.45) is 4.30. The van der Waals surface area contributed by atoms with Crippen LogP contribution in [0.15, 0.2) is 97.3 Å². The van der Waals surface area contributed by atoms with Gasteiger partial charge in [0.15, 0.2) is 0 Å². The van der Waals surface area contributed by atoms with E-state index in [0.29, 0.717) is 19.0 Å². The number of para-hydroxylation sites is 2. The zero-order chi connectivity index (χ0) is 24.7. The molecule has 7 nitrogen and oxygen atoms in total. The first-order chi connectivity index (χ1) is 17.7. The molecule has 36 heavy (non-hydrogen) atoms. The summed E-state index contributed by atoms with van der Waals surface area (Å²) < 4.78 is 5.87. The van der Waals surface area contributed by atoms with Crippen molar-refractivity contribution in [2.75, 3.05) is 11.5 Å². The molecular weight excluding hydrogens is 472 g/mol. The standard InChI is InChI=1S/C28H23ClN6O/c1-20-12-14-24(30-18-20)25-15-13-21(19-31-25)16-17-36-28-33-26(29)32-27(34-28)35(22-8-4-2-5-9-22)23-10-6-3-7-11-23/h2-15,18-19H,16-17H2,1H3. The summed E-state index contributed by atoms with van der Waals surface area (Å²) in [6, 6.07) is 27.8. The summed E-state index contributed by atoms with van der Waals surface area (Å²) in [7, 11) is 0. The molecule has 0 N–H and O–H groups in total. The van der Waals surface area contributed by atoms with Crippen LogP contribution in [0, 0.1) is 6.92 Å². The smallest absolute Gasteiger partial charge is 0.322 e. The van der Waals surface area contributed by atoms with Crippen molar-refractivity contribution in [3.63, 3.8) is 0 Å². The minimum atomic E-state index is 0.0588. The Labute approximate surface area is 214 Å². The number of ether oxygens (including phenoxy) is 1. The fraction of sp³-hybridized carbons (Fsp3) is 0.107. The molecule has 0 spiro atoms. The van der Waals surface area contributed by atoms with E-state index in [0.717, 1.165) is 33.9 Å². The molecule has 0 aliphatic rings. The molecule has 0 aliphatic heterocycles. The maximum atomic E-state index is 6.27. The molecule has 0 saturated heterocycles. The Morgan fingerprint density at radius 3 is 1.94 bits per heavy atom. The number of anilines is 3. The van der Waals surface area contributed by atoms with Gasteiger partial charge in [0.05, 0.1) is 18.0 Å². The van der Waals surface area contributed by atoms with Gasteiger partial charge in [-0.3, -0.25) is 14.9 Å². The van der Waals surface area contributed by atoms with Crippen LogP contribution in [0.5, 0.6) is 6.01 Å². The Kier molecular flexibility index (Phi) is 7.10. The van der Waals surface area contributed by atoms with Crippen molar-refractivity contribution >= 4 is 28.9 Å². The van der Waals surface area contributed by atoms with Gasteiger partial charge < -0.3 is 4.74 Å². The number of aryl methyl sites for hydroxylation is 1. The van der Waals surface area contributed by atoms with Crippen LogP contribution in [-0.4, -0.2) is 31.5 Å². The molecule has 0 saturated carbocycles. The first kappa shape index (κ1) is 23.4. The monoisotopic (exact) mass is 494 g/mol. The van der Waals surface area contributed by atoms with Crippen LogP contribution < -0.4 is 9.64 Å². The van der Waals surface area contributed by atoms with Crippen molar-refractivity contribution in [2.24, 2.45) is 0 Å². The Balaban J connectivity index is 1.31. The fourth-order valence-corrected chi connectivity index (χ4v) is 3.77. The summed E-state index contributed by atoms with van der Waals surface area (Å²) in [4.78, 5) is 24.0. The predicted octanol–water partition coefficient (Wildman–Crippen LogP) is 6.38. The van der Waals surface area contributed by atoms with Crippen LogP contribution in [0.4, 0.5) is 17.3 Å². The number of rotatable bonds is 8. The van der Waals surface area contributed by atoms with Gasteiger partial charge in [-0.15, -0.1) is 0 Å². The quantitative estimate of drug-likeness (QED) is 0.247. The largest absolute Gasteiger partial charge is 0.463 e. The van der Waals surface area contributed by atoms with Gasteiger partial charge in [-0.25, -0.2) is 0 Å². The molecule has 2 aromatic carbocycles. The molecule has 5 aromatic rings. The number of benzene rings is 2. The van der Waals surface area contributed by atoms with Gasteiger partial charge in [0.25, 0.3) is 0 Å². The SMILES string of the molecule is Cc1ccc(-c2ccc(CCOc3nc(Cl)nc(N(c4ccccc4)c4ccccc4)n3)cn2)nc1. The van der Waals surface area contributed by atoms with E-state index in [4.69, 9.17) is 16.3 Å². The van der Waals surface area contributed by atoms with Gasteiger partial charge in [0.2, 0.25) is 11.2 Å². The third-order valence-corrected chi connectivity index (χ3v) is 5.59. The molecule has 3 heterocycles. The van der Waals surface area contributed by atoms with Crippen LogP contribution >= 0.6 is 11.6 Å². The third-order valence-electron chi connectivity index (χ3n) is 5.43. The Hall–Kier alpha value is -4.36. The Bertz CT molecular complexity index is 1380. The highest BCUT2D eigenvalue weighted by Crippen LogP contribution is 2.32. The molecule has 0 bridgehead atoms. The number of aromatic nitrogens is 5. The van der Waals surface area contributed by atoms with Gasteiger partial charge in [0.1, 0.15) is 0 Å². The molecule has 5 rings (SSSR count). The zero-order valence-corrected chi connectivity index (χ0v) is 20.4. The molecule has 8 heteroatoms. The summed E-state index contributed by atoms with van der Waals surface area (Å²) in [5.41, 5.74) is 5.61. The van der Waals surface area contributed by atoms with Crippen LogP contribution in [-0.2, 0) is 6.42 Å². The van der Waals surface area contributed by atoms with Crippen molar-refractivity contribution < 1.29 is 4.74 Å². The maximum Gasteiger partial charge on any atom is 0.322 e. The van der Waals surface area contributed by atoms with Crippen LogP contribution in [0.3, 0.4) is 0 Å². The summed E-state index contributed by atoms with van der Waals surface area (Å²) in [5.74, 6) is 0.374. The van der Waals surface area contributed by atoms with E-state index < -0.39 is 0 Å². The number of hydrogen-bond acceptors (Lipinski definition) is 7. The highest BCUT2D eigenvalue weighted by atomic mass is 35.5. The minimum Gasteiger partial charge on any atom is -0.463 e. The van der Waals surface area contributed by atoms with Crippen molar-refractivity contribution in [3.05, 3.63) is 114 Å². The van der Waals surface area contributed by atoms with Gasteiger partial charge in [-0.05, 0) is 66.0 Å². The van der Waals surface area contributed by atoms with Crippen molar-refractivity contribution in [1.29, 1.82) is 0 Å². The fourth-order valence-electron chi connectivity index (χ4n) is 3.62. The molecule has 0 radical (unpaired) electrons. The number of halogens is 1.